The third-order valence-corrected chi connectivity index (χ3v) is 8.40. The zero-order valence-corrected chi connectivity index (χ0v) is 23.6. The Hall–Kier alpha value is -2.88. The number of benzene rings is 2. The zero-order valence-electron chi connectivity index (χ0n) is 27.0. The first-order valence-corrected chi connectivity index (χ1v) is 14.2. The van der Waals surface area contributed by atoms with Crippen molar-refractivity contribution in [3.63, 3.8) is 0 Å². The number of rotatable bonds is 9. The lowest BCUT2D eigenvalue weighted by Gasteiger charge is -2.26. The van der Waals surface area contributed by atoms with Gasteiger partial charge in [-0.3, -0.25) is 0 Å². The molecule has 8 nitrogen and oxygen atoms in total. The maximum absolute atomic E-state index is 12.9. The molecular formula is C28H36ClN5O3S. The summed E-state index contributed by atoms with van der Waals surface area (Å²) in [7, 11) is -3.60. The molecule has 1 fully saturated rings. The summed E-state index contributed by atoms with van der Waals surface area (Å²) in [4.78, 5) is 8.88. The molecule has 0 amide bonds. The fourth-order valence-corrected chi connectivity index (χ4v) is 5.31. The maximum atomic E-state index is 12.9. The molecule has 0 spiro atoms. The van der Waals surface area contributed by atoms with Crippen LogP contribution in [-0.4, -0.2) is 42.7 Å². The van der Waals surface area contributed by atoms with Crippen molar-refractivity contribution in [2.75, 3.05) is 23.6 Å². The lowest BCUT2D eigenvalue weighted by atomic mass is 9.87. The smallest absolute Gasteiger partial charge is 0.229 e. The molecule has 1 aliphatic heterocycles. The Morgan fingerprint density at radius 2 is 1.84 bits per heavy atom. The van der Waals surface area contributed by atoms with Crippen molar-refractivity contribution in [3.05, 3.63) is 58.7 Å². The number of aryl methyl sites for hydroxylation is 1. The van der Waals surface area contributed by atoms with Crippen molar-refractivity contribution < 1.29 is 20.0 Å². The topological polar surface area (TPSA) is 105 Å². The molecule has 3 N–H and O–H groups in total. The van der Waals surface area contributed by atoms with Gasteiger partial charge in [-0.15, -0.1) is 0 Å². The molecule has 0 bridgehead atoms. The van der Waals surface area contributed by atoms with Gasteiger partial charge in [0.05, 0.1) is 33.8 Å². The van der Waals surface area contributed by atoms with Crippen molar-refractivity contribution in [3.8, 4) is 5.75 Å². The maximum Gasteiger partial charge on any atom is 0.229 e. The number of halogens is 1. The molecule has 2 aromatic carbocycles. The Labute approximate surface area is 237 Å². The number of para-hydroxylation sites is 1. The Bertz CT molecular complexity index is 1610. The van der Waals surface area contributed by atoms with E-state index in [0.717, 1.165) is 0 Å². The summed E-state index contributed by atoms with van der Waals surface area (Å²) >= 11 is 6.40. The predicted molar refractivity (Wildman–Crippen MR) is 154 cm³/mol. The van der Waals surface area contributed by atoms with Gasteiger partial charge in [0.1, 0.15) is 10.8 Å². The van der Waals surface area contributed by atoms with Crippen LogP contribution in [-0.2, 0) is 9.84 Å². The normalized spacial score (nSPS) is 20.1. The monoisotopic (exact) mass is 562 g/mol. The largest absolute Gasteiger partial charge is 0.489 e. The summed E-state index contributed by atoms with van der Waals surface area (Å²) in [6.07, 6.45) is 0.613. The molecule has 0 saturated carbocycles. The minimum absolute atomic E-state index is 0.115. The molecule has 2 heterocycles. The molecule has 4 rings (SSSR count). The van der Waals surface area contributed by atoms with E-state index in [1.165, 1.54) is 12.3 Å². The summed E-state index contributed by atoms with van der Waals surface area (Å²) in [5.41, 5.74) is 1.86. The summed E-state index contributed by atoms with van der Waals surface area (Å²) in [6, 6.07) is 9.86. The molecule has 0 radical (unpaired) electrons. The average molecular weight is 563 g/mol. The van der Waals surface area contributed by atoms with E-state index in [0.29, 0.717) is 28.3 Å². The standard InChI is InChI=1S/C28H36ClN5O3S/c1-17(2)37-25-15-21(20-10-12-30-13-11-20)19(5)14-24(25)33-28-31-16-22(29)27(34-28)32-23-8-6-7-9-26(23)38(35,36)18(3)4/h6-9,14-18,20,30H,10-13H2,1-5H3,(H2,31,32,33,34)/i12D2,13D2,20D. The third kappa shape index (κ3) is 6.39. The third-order valence-electron chi connectivity index (χ3n) is 5.91. The van der Waals surface area contributed by atoms with Gasteiger partial charge in [-0.2, -0.15) is 4.98 Å². The second-order valence-corrected chi connectivity index (χ2v) is 12.4. The number of sulfone groups is 1. The van der Waals surface area contributed by atoms with Crippen molar-refractivity contribution in [1.29, 1.82) is 0 Å². The van der Waals surface area contributed by atoms with Gasteiger partial charge in [0.2, 0.25) is 5.95 Å². The number of hydrogen-bond acceptors (Lipinski definition) is 8. The Morgan fingerprint density at radius 3 is 2.53 bits per heavy atom. The van der Waals surface area contributed by atoms with Crippen molar-refractivity contribution >= 4 is 44.6 Å². The number of nitrogens with one attached hydrogen (secondary N) is 3. The highest BCUT2D eigenvalue weighted by atomic mass is 35.5. The molecular weight excluding hydrogens is 522 g/mol. The number of anilines is 4. The molecule has 0 aliphatic carbocycles. The van der Waals surface area contributed by atoms with Gasteiger partial charge in [0, 0.05) is 6.85 Å². The molecule has 10 heteroatoms. The predicted octanol–water partition coefficient (Wildman–Crippen LogP) is 6.36. The quantitative estimate of drug-likeness (QED) is 0.276. The minimum atomic E-state index is -3.60. The van der Waals surface area contributed by atoms with Gasteiger partial charge in [-0.05, 0) is 102 Å². The lowest BCUT2D eigenvalue weighted by Crippen LogP contribution is -2.27. The van der Waals surface area contributed by atoms with Gasteiger partial charge in [-0.25, -0.2) is 13.4 Å². The molecule has 0 atom stereocenters. The second kappa shape index (κ2) is 11.9. The fourth-order valence-electron chi connectivity index (χ4n) is 3.97. The highest BCUT2D eigenvalue weighted by molar-refractivity contribution is 7.92. The van der Waals surface area contributed by atoms with E-state index in [1.54, 1.807) is 51.1 Å². The first kappa shape index (κ1) is 22.0. The van der Waals surface area contributed by atoms with Crippen molar-refractivity contribution in [2.45, 2.75) is 69.6 Å². The van der Waals surface area contributed by atoms with E-state index in [2.05, 4.69) is 25.9 Å². The SMILES string of the molecule is [2H]C1([2H])CC([2H])(c2cc(OC(C)C)c(Nc3ncc(Cl)c(Nc4ccccc4S(=O)(=O)C(C)C)n3)cc2C)CC([2H])([2H])N1. The molecule has 204 valence electrons. The first-order valence-electron chi connectivity index (χ1n) is 14.8. The van der Waals surface area contributed by atoms with Crippen molar-refractivity contribution in [2.24, 2.45) is 0 Å². The van der Waals surface area contributed by atoms with Crippen molar-refractivity contribution in [1.82, 2.24) is 15.3 Å². The number of aromatic nitrogens is 2. The van der Waals surface area contributed by atoms with Crippen LogP contribution in [0.15, 0.2) is 47.5 Å². The summed E-state index contributed by atoms with van der Waals surface area (Å²) < 4.78 is 73.8. The first-order chi connectivity index (χ1) is 19.8. The van der Waals surface area contributed by atoms with Crippen LogP contribution in [0.4, 0.5) is 23.1 Å². The summed E-state index contributed by atoms with van der Waals surface area (Å²) in [5, 5.41) is 8.03. The van der Waals surface area contributed by atoms with Crippen LogP contribution in [0.5, 0.6) is 5.75 Å². The lowest BCUT2D eigenvalue weighted by molar-refractivity contribution is 0.243. The van der Waals surface area contributed by atoms with Gasteiger partial charge in [0.15, 0.2) is 15.7 Å². The van der Waals surface area contributed by atoms with Crippen LogP contribution in [0, 0.1) is 6.92 Å². The average Bonchev–Trinajstić information content (AvgIpc) is 2.85. The van der Waals surface area contributed by atoms with Crippen LogP contribution in [0.2, 0.25) is 5.02 Å². The van der Waals surface area contributed by atoms with E-state index in [4.69, 9.17) is 23.2 Å². The van der Waals surface area contributed by atoms with Crippen LogP contribution in [0.3, 0.4) is 0 Å². The molecule has 1 aromatic heterocycles. The number of nitrogens with zero attached hydrogens (tertiary/aromatic N) is 2. The minimum Gasteiger partial charge on any atom is -0.489 e. The van der Waals surface area contributed by atoms with E-state index in [9.17, 15) is 8.42 Å². The Balaban J connectivity index is 1.72. The molecule has 1 aliphatic rings. The summed E-state index contributed by atoms with van der Waals surface area (Å²) in [5.74, 6) is -0.905. The highest BCUT2D eigenvalue weighted by Crippen LogP contribution is 2.37. The van der Waals surface area contributed by atoms with Gasteiger partial charge in [0.25, 0.3) is 0 Å². The second-order valence-electron chi connectivity index (χ2n) is 9.50. The van der Waals surface area contributed by atoms with Crippen LogP contribution < -0.4 is 20.7 Å². The molecule has 1 saturated heterocycles. The van der Waals surface area contributed by atoms with E-state index in [-0.39, 0.29) is 40.6 Å². The molecule has 3 aromatic rings. The van der Waals surface area contributed by atoms with E-state index >= 15 is 0 Å². The molecule has 0 unspecified atom stereocenters. The number of hydrogen-bond donors (Lipinski definition) is 3. The van der Waals surface area contributed by atoms with Gasteiger partial charge >= 0.3 is 0 Å². The van der Waals surface area contributed by atoms with Gasteiger partial charge < -0.3 is 20.7 Å². The Kier molecular flexibility index (Phi) is 6.88. The zero-order chi connectivity index (χ0) is 32.0. The van der Waals surface area contributed by atoms with E-state index < -0.39 is 34.0 Å². The van der Waals surface area contributed by atoms with Gasteiger partial charge in [-0.1, -0.05) is 23.7 Å². The van der Waals surface area contributed by atoms with Crippen LogP contribution in [0.25, 0.3) is 0 Å². The van der Waals surface area contributed by atoms with E-state index in [1.807, 2.05) is 13.8 Å². The fraction of sp³-hybridized carbons (Fsp3) is 0.429. The van der Waals surface area contributed by atoms with Crippen LogP contribution >= 0.6 is 11.6 Å². The Morgan fingerprint density at radius 1 is 1.13 bits per heavy atom. The highest BCUT2D eigenvalue weighted by Gasteiger charge is 2.24. The summed E-state index contributed by atoms with van der Waals surface area (Å²) in [6.45, 7) is 4.49. The molecule has 38 heavy (non-hydrogen) atoms. The van der Waals surface area contributed by atoms with Crippen LogP contribution in [0.1, 0.15) is 64.4 Å². The number of piperidine rings is 1. The number of ether oxygens (including phenoxy) is 1.